The zero-order valence-electron chi connectivity index (χ0n) is 7.50. The molecule has 2 heterocycles. The van der Waals surface area contributed by atoms with Gasteiger partial charge in [0.05, 0.1) is 6.10 Å². The molecule has 2 aliphatic heterocycles. The van der Waals surface area contributed by atoms with Crippen molar-refractivity contribution in [3.05, 3.63) is 0 Å². The van der Waals surface area contributed by atoms with Crippen LogP contribution in [0, 0.1) is 5.92 Å². The Labute approximate surface area is 73.8 Å². The van der Waals surface area contributed by atoms with Crippen molar-refractivity contribution in [3.8, 4) is 0 Å². The third kappa shape index (κ3) is 1.79. The first-order valence-electron chi connectivity index (χ1n) is 4.97. The monoisotopic (exact) mass is 170 g/mol. The Kier molecular flexibility index (Phi) is 2.63. The highest BCUT2D eigenvalue weighted by molar-refractivity contribution is 4.83. The zero-order chi connectivity index (χ0) is 8.39. The molecule has 0 aromatic carbocycles. The van der Waals surface area contributed by atoms with Gasteiger partial charge in [0.25, 0.3) is 0 Å². The molecule has 0 aromatic heterocycles. The van der Waals surface area contributed by atoms with E-state index in [0.717, 1.165) is 19.6 Å². The van der Waals surface area contributed by atoms with Gasteiger partial charge in [-0.2, -0.15) is 0 Å². The molecule has 0 bridgehead atoms. The van der Waals surface area contributed by atoms with Gasteiger partial charge in [0.1, 0.15) is 0 Å². The quantitative estimate of drug-likeness (QED) is 0.595. The molecule has 2 N–H and O–H groups in total. The third-order valence-corrected chi connectivity index (χ3v) is 3.00. The van der Waals surface area contributed by atoms with E-state index < -0.39 is 0 Å². The average molecular weight is 170 g/mol. The first kappa shape index (κ1) is 8.48. The van der Waals surface area contributed by atoms with Gasteiger partial charge in [-0.1, -0.05) is 0 Å². The SMILES string of the molecule is OC1CNCC1CN1CCCC1. The number of β-amino-alcohol motifs (C(OH)–C–C–N with tert-alkyl or cyclic N) is 1. The molecule has 2 aliphatic rings. The van der Waals surface area contributed by atoms with Crippen LogP contribution in [0.25, 0.3) is 0 Å². The van der Waals surface area contributed by atoms with Gasteiger partial charge < -0.3 is 15.3 Å². The number of nitrogens with one attached hydrogen (secondary N) is 1. The predicted molar refractivity (Wildman–Crippen MR) is 48.0 cm³/mol. The molecule has 2 fully saturated rings. The number of hydrogen-bond donors (Lipinski definition) is 2. The van der Waals surface area contributed by atoms with Crippen LogP contribution < -0.4 is 5.32 Å². The van der Waals surface area contributed by atoms with E-state index in [9.17, 15) is 5.11 Å². The Balaban J connectivity index is 1.77. The van der Waals surface area contributed by atoms with Gasteiger partial charge in [-0.05, 0) is 25.9 Å². The molecule has 0 aromatic rings. The van der Waals surface area contributed by atoms with Crippen LogP contribution in [0.3, 0.4) is 0 Å². The number of hydrogen-bond acceptors (Lipinski definition) is 3. The van der Waals surface area contributed by atoms with Crippen molar-refractivity contribution < 1.29 is 5.11 Å². The van der Waals surface area contributed by atoms with Gasteiger partial charge in [0.15, 0.2) is 0 Å². The summed E-state index contributed by atoms with van der Waals surface area (Å²) < 4.78 is 0. The molecule has 0 spiro atoms. The summed E-state index contributed by atoms with van der Waals surface area (Å²) in [5.74, 6) is 0.475. The van der Waals surface area contributed by atoms with Gasteiger partial charge in [0.2, 0.25) is 0 Å². The third-order valence-electron chi connectivity index (χ3n) is 3.00. The van der Waals surface area contributed by atoms with E-state index in [-0.39, 0.29) is 6.10 Å². The van der Waals surface area contributed by atoms with Crippen LogP contribution in [0.5, 0.6) is 0 Å². The molecule has 0 radical (unpaired) electrons. The molecule has 12 heavy (non-hydrogen) atoms. The van der Waals surface area contributed by atoms with Crippen LogP contribution >= 0.6 is 0 Å². The number of aliphatic hydroxyl groups excluding tert-OH is 1. The lowest BCUT2D eigenvalue weighted by Crippen LogP contribution is -2.32. The molecule has 0 amide bonds. The van der Waals surface area contributed by atoms with E-state index in [0.29, 0.717) is 5.92 Å². The highest BCUT2D eigenvalue weighted by Crippen LogP contribution is 2.14. The van der Waals surface area contributed by atoms with E-state index in [1.165, 1.54) is 25.9 Å². The molecule has 2 unspecified atom stereocenters. The second-order valence-corrected chi connectivity index (χ2v) is 3.99. The molecule has 0 saturated carbocycles. The Morgan fingerprint density at radius 2 is 2.00 bits per heavy atom. The lowest BCUT2D eigenvalue weighted by molar-refractivity contribution is 0.123. The van der Waals surface area contributed by atoms with Gasteiger partial charge in [-0.25, -0.2) is 0 Å². The zero-order valence-corrected chi connectivity index (χ0v) is 7.50. The molecular weight excluding hydrogens is 152 g/mol. The average Bonchev–Trinajstić information content (AvgIpc) is 2.65. The fourth-order valence-electron chi connectivity index (χ4n) is 2.20. The minimum Gasteiger partial charge on any atom is -0.391 e. The van der Waals surface area contributed by atoms with Crippen molar-refractivity contribution in [2.24, 2.45) is 5.92 Å². The first-order valence-corrected chi connectivity index (χ1v) is 4.97. The molecule has 0 aliphatic carbocycles. The molecule has 3 nitrogen and oxygen atoms in total. The van der Waals surface area contributed by atoms with E-state index in [1.807, 2.05) is 0 Å². The Morgan fingerprint density at radius 3 is 2.58 bits per heavy atom. The van der Waals surface area contributed by atoms with Crippen molar-refractivity contribution in [1.82, 2.24) is 10.2 Å². The number of nitrogens with zero attached hydrogens (tertiary/aromatic N) is 1. The molecule has 2 rings (SSSR count). The fraction of sp³-hybridized carbons (Fsp3) is 1.00. The first-order chi connectivity index (χ1) is 5.86. The largest absolute Gasteiger partial charge is 0.391 e. The lowest BCUT2D eigenvalue weighted by atomic mass is 10.1. The van der Waals surface area contributed by atoms with Gasteiger partial charge >= 0.3 is 0 Å². The van der Waals surface area contributed by atoms with Gasteiger partial charge in [-0.3, -0.25) is 0 Å². The minimum atomic E-state index is -0.106. The number of likely N-dealkylation sites (tertiary alicyclic amines) is 1. The van der Waals surface area contributed by atoms with Crippen LogP contribution in [-0.2, 0) is 0 Å². The molecule has 2 saturated heterocycles. The standard InChI is InChI=1S/C9H18N2O/c12-9-6-10-5-8(9)7-11-3-1-2-4-11/h8-10,12H,1-7H2. The van der Waals surface area contributed by atoms with Gasteiger partial charge in [0, 0.05) is 25.6 Å². The lowest BCUT2D eigenvalue weighted by Gasteiger charge is -2.21. The summed E-state index contributed by atoms with van der Waals surface area (Å²) in [6.07, 6.45) is 2.58. The Hall–Kier alpha value is -0.120. The molecular formula is C9H18N2O. The minimum absolute atomic E-state index is 0.106. The second kappa shape index (κ2) is 3.73. The van der Waals surface area contributed by atoms with Crippen molar-refractivity contribution in [2.45, 2.75) is 18.9 Å². The topological polar surface area (TPSA) is 35.5 Å². The number of aliphatic hydroxyl groups is 1. The predicted octanol–water partition coefficient (Wildman–Crippen LogP) is -0.337. The van der Waals surface area contributed by atoms with Crippen molar-refractivity contribution in [2.75, 3.05) is 32.7 Å². The highest BCUT2D eigenvalue weighted by Gasteiger charge is 2.27. The highest BCUT2D eigenvalue weighted by atomic mass is 16.3. The van der Waals surface area contributed by atoms with Crippen LogP contribution in [0.4, 0.5) is 0 Å². The van der Waals surface area contributed by atoms with Crippen molar-refractivity contribution in [3.63, 3.8) is 0 Å². The van der Waals surface area contributed by atoms with Crippen LogP contribution in [0.15, 0.2) is 0 Å². The maximum absolute atomic E-state index is 9.56. The normalized spacial score (nSPS) is 37.8. The van der Waals surface area contributed by atoms with E-state index >= 15 is 0 Å². The summed E-state index contributed by atoms with van der Waals surface area (Å²) in [6.45, 7) is 5.36. The van der Waals surface area contributed by atoms with E-state index in [1.54, 1.807) is 0 Å². The molecule has 70 valence electrons. The Morgan fingerprint density at radius 1 is 1.25 bits per heavy atom. The summed E-state index contributed by atoms with van der Waals surface area (Å²) >= 11 is 0. The maximum Gasteiger partial charge on any atom is 0.0717 e. The van der Waals surface area contributed by atoms with Crippen molar-refractivity contribution >= 4 is 0 Å². The summed E-state index contributed by atoms with van der Waals surface area (Å²) in [7, 11) is 0. The van der Waals surface area contributed by atoms with Gasteiger partial charge in [-0.15, -0.1) is 0 Å². The van der Waals surface area contributed by atoms with Crippen LogP contribution in [0.2, 0.25) is 0 Å². The van der Waals surface area contributed by atoms with Crippen LogP contribution in [0.1, 0.15) is 12.8 Å². The smallest absolute Gasteiger partial charge is 0.0717 e. The summed E-state index contributed by atoms with van der Waals surface area (Å²) in [4.78, 5) is 2.47. The maximum atomic E-state index is 9.56. The van der Waals surface area contributed by atoms with Crippen molar-refractivity contribution in [1.29, 1.82) is 0 Å². The number of rotatable bonds is 2. The fourth-order valence-corrected chi connectivity index (χ4v) is 2.20. The Bertz CT molecular complexity index is 145. The van der Waals surface area contributed by atoms with E-state index in [2.05, 4.69) is 10.2 Å². The molecule has 3 heteroatoms. The van der Waals surface area contributed by atoms with E-state index in [4.69, 9.17) is 0 Å². The molecule has 2 atom stereocenters. The summed E-state index contributed by atoms with van der Waals surface area (Å²) in [5, 5.41) is 12.8. The summed E-state index contributed by atoms with van der Waals surface area (Å²) in [5.41, 5.74) is 0. The summed E-state index contributed by atoms with van der Waals surface area (Å²) in [6, 6.07) is 0. The second-order valence-electron chi connectivity index (χ2n) is 3.99. The van der Waals surface area contributed by atoms with Crippen LogP contribution in [-0.4, -0.2) is 48.8 Å².